The number of halogens is 1. The molecule has 0 atom stereocenters. The first-order valence-corrected chi connectivity index (χ1v) is 11.3. The quantitative estimate of drug-likeness (QED) is 0.307. The molecule has 1 aliphatic rings. The number of anilines is 1. The third kappa shape index (κ3) is 4.83. The number of carbonyl (C=O) groups is 1. The summed E-state index contributed by atoms with van der Waals surface area (Å²) in [6, 6.07) is 17.8. The molecule has 1 aliphatic heterocycles. The lowest BCUT2D eigenvalue weighted by Gasteiger charge is -2.30. The summed E-state index contributed by atoms with van der Waals surface area (Å²) in [5.74, 6) is 1.27. The van der Waals surface area contributed by atoms with Crippen LogP contribution in [0.4, 0.5) is 5.69 Å². The van der Waals surface area contributed by atoms with Crippen LogP contribution in [0.25, 0.3) is 0 Å². The molecule has 0 aromatic heterocycles. The molecule has 0 bridgehead atoms. The third-order valence-corrected chi connectivity index (χ3v) is 6.94. The highest BCUT2D eigenvalue weighted by molar-refractivity contribution is 8.00. The number of methoxy groups -OCH3 is 1. The number of hydrogen-bond donors (Lipinski definition) is 0. The Hall–Kier alpha value is -2.63. The highest BCUT2D eigenvalue weighted by Crippen LogP contribution is 2.37. The van der Waals surface area contributed by atoms with Crippen LogP contribution in [0.2, 0.25) is 5.02 Å². The van der Waals surface area contributed by atoms with Gasteiger partial charge in [0, 0.05) is 16.5 Å². The summed E-state index contributed by atoms with van der Waals surface area (Å²) in [4.78, 5) is 13.0. The maximum absolute atomic E-state index is 11.8. The van der Waals surface area contributed by atoms with Crippen molar-refractivity contribution in [1.82, 2.24) is 0 Å². The fourth-order valence-electron chi connectivity index (χ4n) is 3.70. The van der Waals surface area contributed by atoms with Crippen molar-refractivity contribution in [1.29, 1.82) is 0 Å². The fourth-order valence-corrected chi connectivity index (χ4v) is 4.82. The summed E-state index contributed by atoms with van der Waals surface area (Å²) in [6.07, 6.45) is 2.00. The number of hydrogen-bond acceptors (Lipinski definition) is 5. The summed E-state index contributed by atoms with van der Waals surface area (Å²) in [5.41, 5.74) is 4.93. The lowest BCUT2D eigenvalue weighted by Crippen LogP contribution is -2.22. The molecule has 6 heteroatoms. The van der Waals surface area contributed by atoms with Gasteiger partial charge < -0.3 is 13.8 Å². The Bertz CT molecular complexity index is 1090. The Morgan fingerprint density at radius 3 is 2.39 bits per heavy atom. The van der Waals surface area contributed by atoms with Crippen molar-refractivity contribution >= 4 is 35.2 Å². The molecule has 3 aromatic carbocycles. The number of esters is 1. The van der Waals surface area contributed by atoms with Gasteiger partial charge in [0.2, 0.25) is 0 Å². The first-order valence-electron chi connectivity index (χ1n) is 10.2. The number of benzene rings is 3. The van der Waals surface area contributed by atoms with Gasteiger partial charge >= 0.3 is 5.97 Å². The molecule has 0 aliphatic carbocycles. The molecule has 0 N–H and O–H groups in total. The van der Waals surface area contributed by atoms with Crippen LogP contribution >= 0.6 is 23.5 Å². The average Bonchev–Trinajstić information content (AvgIpc) is 2.78. The van der Waals surface area contributed by atoms with Crippen LogP contribution in [-0.2, 0) is 11.2 Å². The van der Waals surface area contributed by atoms with Crippen LogP contribution in [0, 0.1) is 13.8 Å². The van der Waals surface area contributed by atoms with E-state index in [0.29, 0.717) is 5.56 Å². The number of fused-ring (bicyclic) bond motifs is 1. The Kier molecular flexibility index (Phi) is 6.44. The van der Waals surface area contributed by atoms with Crippen molar-refractivity contribution in [3.8, 4) is 11.5 Å². The monoisotopic (exact) mass is 453 g/mol. The van der Waals surface area contributed by atoms with E-state index in [9.17, 15) is 4.79 Å². The lowest BCUT2D eigenvalue weighted by atomic mass is 10.0. The molecular formula is C25H24ClNO3S. The van der Waals surface area contributed by atoms with Crippen LogP contribution in [-0.4, -0.2) is 19.6 Å². The average molecular weight is 454 g/mol. The van der Waals surface area contributed by atoms with E-state index in [1.54, 1.807) is 11.9 Å². The fraction of sp³-hybridized carbons (Fsp3) is 0.240. The Labute approximate surface area is 192 Å². The number of nitrogens with zero attached hydrogens (tertiary/aromatic N) is 1. The van der Waals surface area contributed by atoms with Gasteiger partial charge in [0.15, 0.2) is 0 Å². The van der Waals surface area contributed by atoms with E-state index in [2.05, 4.69) is 16.4 Å². The van der Waals surface area contributed by atoms with E-state index < -0.39 is 0 Å². The maximum Gasteiger partial charge on any atom is 0.337 e. The number of carbonyl (C=O) groups excluding carboxylic acids is 1. The predicted octanol–water partition coefficient (Wildman–Crippen LogP) is 7.00. The summed E-state index contributed by atoms with van der Waals surface area (Å²) in [6.45, 7) is 4.91. The van der Waals surface area contributed by atoms with Crippen molar-refractivity contribution in [2.24, 2.45) is 0 Å². The second-order valence-corrected chi connectivity index (χ2v) is 9.05. The summed E-state index contributed by atoms with van der Waals surface area (Å²) in [5, 5.41) is 0.777. The van der Waals surface area contributed by atoms with Gasteiger partial charge in [-0.25, -0.2) is 4.79 Å². The molecule has 0 saturated heterocycles. The first-order chi connectivity index (χ1) is 14.9. The molecule has 4 nitrogen and oxygen atoms in total. The molecule has 0 fully saturated rings. The highest BCUT2D eigenvalue weighted by Gasteiger charge is 2.20. The molecule has 0 amide bonds. The van der Waals surface area contributed by atoms with Crippen LogP contribution < -0.4 is 9.04 Å². The molecule has 1 heterocycles. The minimum Gasteiger partial charge on any atom is -0.465 e. The van der Waals surface area contributed by atoms with Gasteiger partial charge in [-0.15, -0.1) is 0 Å². The lowest BCUT2D eigenvalue weighted by molar-refractivity contribution is 0.0600. The zero-order valence-electron chi connectivity index (χ0n) is 17.8. The standard InChI is InChI=1S/C25H24ClNO3S/c1-16-13-21(14-17(2)24(16)26)30-20-7-9-22(10-8-20)31-27-12-4-5-18-15-19(25(28)29-3)6-11-23(18)27/h6-11,13-15H,4-5,12H2,1-3H3. The largest absolute Gasteiger partial charge is 0.465 e. The van der Waals surface area contributed by atoms with Gasteiger partial charge in [-0.3, -0.25) is 0 Å². The van der Waals surface area contributed by atoms with E-state index in [4.69, 9.17) is 21.1 Å². The molecule has 0 radical (unpaired) electrons. The Balaban J connectivity index is 1.47. The van der Waals surface area contributed by atoms with Crippen molar-refractivity contribution in [3.63, 3.8) is 0 Å². The van der Waals surface area contributed by atoms with Crippen molar-refractivity contribution in [2.75, 3.05) is 18.0 Å². The van der Waals surface area contributed by atoms with Crippen molar-refractivity contribution < 1.29 is 14.3 Å². The van der Waals surface area contributed by atoms with E-state index in [-0.39, 0.29) is 5.97 Å². The molecule has 4 rings (SSSR count). The van der Waals surface area contributed by atoms with Crippen LogP contribution in [0.5, 0.6) is 11.5 Å². The Morgan fingerprint density at radius 2 is 1.71 bits per heavy atom. The SMILES string of the molecule is COC(=O)c1ccc2c(c1)CCCN2Sc1ccc(Oc2cc(C)c(Cl)c(C)c2)cc1. The molecule has 0 unspecified atom stereocenters. The zero-order chi connectivity index (χ0) is 22.0. The Morgan fingerprint density at radius 1 is 1.00 bits per heavy atom. The van der Waals surface area contributed by atoms with E-state index in [1.807, 2.05) is 56.3 Å². The van der Waals surface area contributed by atoms with E-state index in [1.165, 1.54) is 12.7 Å². The number of aryl methyl sites for hydroxylation is 3. The second-order valence-electron chi connectivity index (χ2n) is 7.58. The second kappa shape index (κ2) is 9.25. The molecule has 3 aromatic rings. The van der Waals surface area contributed by atoms with Crippen LogP contribution in [0.1, 0.15) is 33.5 Å². The maximum atomic E-state index is 11.8. The van der Waals surface area contributed by atoms with Gasteiger partial charge in [0.25, 0.3) is 0 Å². The summed E-state index contributed by atoms with van der Waals surface area (Å²) >= 11 is 7.94. The summed E-state index contributed by atoms with van der Waals surface area (Å²) in [7, 11) is 1.41. The minimum atomic E-state index is -0.297. The number of ether oxygens (including phenoxy) is 2. The molecule has 160 valence electrons. The van der Waals surface area contributed by atoms with Gasteiger partial charge in [-0.2, -0.15) is 0 Å². The highest BCUT2D eigenvalue weighted by atomic mass is 35.5. The van der Waals surface area contributed by atoms with Gasteiger partial charge in [-0.1, -0.05) is 11.6 Å². The zero-order valence-corrected chi connectivity index (χ0v) is 19.3. The molecule has 0 saturated carbocycles. The van der Waals surface area contributed by atoms with E-state index >= 15 is 0 Å². The third-order valence-electron chi connectivity index (χ3n) is 5.26. The van der Waals surface area contributed by atoms with Gasteiger partial charge in [0.05, 0.1) is 18.4 Å². The number of rotatable bonds is 5. The van der Waals surface area contributed by atoms with Crippen molar-refractivity contribution in [2.45, 2.75) is 31.6 Å². The first kappa shape index (κ1) is 21.6. The normalized spacial score (nSPS) is 13.0. The molecular weight excluding hydrogens is 430 g/mol. The molecule has 0 spiro atoms. The van der Waals surface area contributed by atoms with Crippen LogP contribution in [0.3, 0.4) is 0 Å². The van der Waals surface area contributed by atoms with Gasteiger partial charge in [0.1, 0.15) is 11.5 Å². The smallest absolute Gasteiger partial charge is 0.337 e. The van der Waals surface area contributed by atoms with Crippen molar-refractivity contribution in [3.05, 3.63) is 81.9 Å². The summed E-state index contributed by atoms with van der Waals surface area (Å²) < 4.78 is 13.1. The van der Waals surface area contributed by atoms with Gasteiger partial charge in [-0.05, 0) is 110 Å². The van der Waals surface area contributed by atoms with E-state index in [0.717, 1.165) is 57.6 Å². The minimum absolute atomic E-state index is 0.297. The molecule has 31 heavy (non-hydrogen) atoms. The van der Waals surface area contributed by atoms with Crippen LogP contribution in [0.15, 0.2) is 59.5 Å². The predicted molar refractivity (Wildman–Crippen MR) is 127 cm³/mol. The topological polar surface area (TPSA) is 38.8 Å².